The van der Waals surface area contributed by atoms with E-state index >= 15 is 0 Å². The average Bonchev–Trinajstić information content (AvgIpc) is 2.05. The first-order valence-electron chi connectivity index (χ1n) is 3.63. The van der Waals surface area contributed by atoms with Crippen molar-refractivity contribution < 1.29 is 0 Å². The zero-order valence-electron chi connectivity index (χ0n) is 6.76. The lowest BCUT2D eigenvalue weighted by Crippen LogP contribution is -1.91. The molecule has 56 valence electrons. The second-order valence-electron chi connectivity index (χ2n) is 2.43. The van der Waals surface area contributed by atoms with E-state index in [2.05, 4.69) is 18.0 Å². The van der Waals surface area contributed by atoms with Crippen molar-refractivity contribution in [1.29, 1.82) is 5.26 Å². The summed E-state index contributed by atoms with van der Waals surface area (Å²) in [4.78, 5) is 4.10. The van der Waals surface area contributed by atoms with Crippen LogP contribution < -0.4 is 0 Å². The molecule has 2 heteroatoms. The maximum atomic E-state index is 8.56. The van der Waals surface area contributed by atoms with Crippen molar-refractivity contribution in [2.45, 2.75) is 20.3 Å². The molecule has 0 spiro atoms. The van der Waals surface area contributed by atoms with Crippen LogP contribution in [0.3, 0.4) is 0 Å². The molecular weight excluding hydrogens is 136 g/mol. The summed E-state index contributed by atoms with van der Waals surface area (Å²) in [6, 6.07) is 3.96. The van der Waals surface area contributed by atoms with Crippen LogP contribution >= 0.6 is 0 Å². The summed E-state index contributed by atoms with van der Waals surface area (Å²) >= 11 is 0. The number of aryl methyl sites for hydroxylation is 2. The van der Waals surface area contributed by atoms with Crippen LogP contribution in [0.15, 0.2) is 12.3 Å². The number of nitriles is 1. The number of aromatic nitrogens is 1. The molecule has 0 aliphatic carbocycles. The van der Waals surface area contributed by atoms with Crippen LogP contribution in [-0.2, 0) is 6.42 Å². The highest BCUT2D eigenvalue weighted by molar-refractivity contribution is 5.32. The van der Waals surface area contributed by atoms with Crippen molar-refractivity contribution in [3.05, 3.63) is 29.1 Å². The van der Waals surface area contributed by atoms with Crippen LogP contribution in [0.4, 0.5) is 0 Å². The van der Waals surface area contributed by atoms with Gasteiger partial charge >= 0.3 is 0 Å². The molecule has 0 aliphatic heterocycles. The molecule has 0 atom stereocenters. The van der Waals surface area contributed by atoms with Gasteiger partial charge in [0.15, 0.2) is 0 Å². The van der Waals surface area contributed by atoms with Crippen LogP contribution in [0.2, 0.25) is 0 Å². The molecule has 0 bridgehead atoms. The first kappa shape index (κ1) is 7.74. The van der Waals surface area contributed by atoms with Gasteiger partial charge in [-0.05, 0) is 25.0 Å². The average molecular weight is 146 g/mol. The van der Waals surface area contributed by atoms with Crippen molar-refractivity contribution in [3.63, 3.8) is 0 Å². The van der Waals surface area contributed by atoms with Crippen molar-refractivity contribution in [2.24, 2.45) is 0 Å². The van der Waals surface area contributed by atoms with E-state index < -0.39 is 0 Å². The van der Waals surface area contributed by atoms with Crippen LogP contribution in [0.25, 0.3) is 0 Å². The molecule has 0 radical (unpaired) electrons. The molecule has 1 rings (SSSR count). The van der Waals surface area contributed by atoms with E-state index in [0.717, 1.165) is 17.7 Å². The summed E-state index contributed by atoms with van der Waals surface area (Å²) in [5.74, 6) is 0. The molecule has 0 saturated heterocycles. The Hall–Kier alpha value is -1.36. The van der Waals surface area contributed by atoms with E-state index in [1.807, 2.05) is 13.0 Å². The van der Waals surface area contributed by atoms with Gasteiger partial charge in [0.25, 0.3) is 0 Å². The van der Waals surface area contributed by atoms with Crippen molar-refractivity contribution in [3.8, 4) is 6.07 Å². The fourth-order valence-electron chi connectivity index (χ4n) is 0.998. The quantitative estimate of drug-likeness (QED) is 0.606. The maximum Gasteiger partial charge on any atom is 0.101 e. The number of pyridine rings is 1. The van der Waals surface area contributed by atoms with Gasteiger partial charge in [0.2, 0.25) is 0 Å². The van der Waals surface area contributed by atoms with Crippen molar-refractivity contribution in [2.75, 3.05) is 0 Å². The van der Waals surface area contributed by atoms with Crippen LogP contribution in [0.1, 0.15) is 23.7 Å². The van der Waals surface area contributed by atoms with Gasteiger partial charge in [-0.25, -0.2) is 0 Å². The number of hydrogen-bond donors (Lipinski definition) is 0. The third-order valence-corrected chi connectivity index (χ3v) is 1.70. The monoisotopic (exact) mass is 146 g/mol. The highest BCUT2D eigenvalue weighted by Gasteiger charge is 1.97. The first-order valence-corrected chi connectivity index (χ1v) is 3.63. The SMILES string of the molecule is CCc1cc(C#N)cnc1C. The highest BCUT2D eigenvalue weighted by Crippen LogP contribution is 2.07. The Morgan fingerprint density at radius 3 is 2.91 bits per heavy atom. The molecule has 0 fully saturated rings. The lowest BCUT2D eigenvalue weighted by atomic mass is 10.1. The summed E-state index contributed by atoms with van der Waals surface area (Å²) in [5, 5.41) is 8.56. The van der Waals surface area contributed by atoms with E-state index in [1.54, 1.807) is 6.20 Å². The number of hydrogen-bond acceptors (Lipinski definition) is 2. The van der Waals surface area contributed by atoms with Gasteiger partial charge in [-0.3, -0.25) is 4.98 Å². The smallest absolute Gasteiger partial charge is 0.101 e. The van der Waals surface area contributed by atoms with Gasteiger partial charge in [-0.1, -0.05) is 6.92 Å². The van der Waals surface area contributed by atoms with Gasteiger partial charge in [0.05, 0.1) is 5.56 Å². The van der Waals surface area contributed by atoms with Gasteiger partial charge in [-0.15, -0.1) is 0 Å². The Bertz CT molecular complexity index is 297. The molecular formula is C9H10N2. The van der Waals surface area contributed by atoms with E-state index in [-0.39, 0.29) is 0 Å². The highest BCUT2D eigenvalue weighted by atomic mass is 14.7. The molecule has 1 aromatic heterocycles. The largest absolute Gasteiger partial charge is 0.260 e. The molecule has 0 aromatic carbocycles. The third kappa shape index (κ3) is 1.56. The molecule has 0 unspecified atom stereocenters. The lowest BCUT2D eigenvalue weighted by Gasteiger charge is -1.99. The Balaban J connectivity index is 3.15. The van der Waals surface area contributed by atoms with E-state index in [0.29, 0.717) is 5.56 Å². The lowest BCUT2D eigenvalue weighted by molar-refractivity contribution is 1.04. The van der Waals surface area contributed by atoms with E-state index in [4.69, 9.17) is 5.26 Å². The number of rotatable bonds is 1. The van der Waals surface area contributed by atoms with Crippen LogP contribution in [-0.4, -0.2) is 4.98 Å². The summed E-state index contributed by atoms with van der Waals surface area (Å²) in [5.41, 5.74) is 2.82. The first-order chi connectivity index (χ1) is 5.27. The maximum absolute atomic E-state index is 8.56. The molecule has 1 aromatic rings. The molecule has 2 nitrogen and oxygen atoms in total. The molecule has 0 saturated carbocycles. The fourth-order valence-corrected chi connectivity index (χ4v) is 0.998. The zero-order chi connectivity index (χ0) is 8.27. The minimum atomic E-state index is 0.646. The standard InChI is InChI=1S/C9H10N2/c1-3-9-4-8(5-10)6-11-7(9)2/h4,6H,3H2,1-2H3. The molecule has 0 amide bonds. The predicted octanol–water partition coefficient (Wildman–Crippen LogP) is 1.82. The van der Waals surface area contributed by atoms with Gasteiger partial charge in [0.1, 0.15) is 6.07 Å². The Morgan fingerprint density at radius 2 is 2.36 bits per heavy atom. The van der Waals surface area contributed by atoms with Crippen LogP contribution in [0, 0.1) is 18.3 Å². The minimum Gasteiger partial charge on any atom is -0.260 e. The van der Waals surface area contributed by atoms with Gasteiger partial charge in [0, 0.05) is 11.9 Å². The molecule has 0 N–H and O–H groups in total. The van der Waals surface area contributed by atoms with Crippen molar-refractivity contribution in [1.82, 2.24) is 4.98 Å². The van der Waals surface area contributed by atoms with E-state index in [1.165, 1.54) is 0 Å². The zero-order valence-corrected chi connectivity index (χ0v) is 6.76. The summed E-state index contributed by atoms with van der Waals surface area (Å²) < 4.78 is 0. The topological polar surface area (TPSA) is 36.7 Å². The number of nitrogens with zero attached hydrogens (tertiary/aromatic N) is 2. The Morgan fingerprint density at radius 1 is 1.64 bits per heavy atom. The second-order valence-corrected chi connectivity index (χ2v) is 2.43. The predicted molar refractivity (Wildman–Crippen MR) is 43.1 cm³/mol. The fraction of sp³-hybridized carbons (Fsp3) is 0.333. The molecule has 1 heterocycles. The molecule has 0 aliphatic rings. The van der Waals surface area contributed by atoms with E-state index in [9.17, 15) is 0 Å². The second kappa shape index (κ2) is 3.16. The summed E-state index contributed by atoms with van der Waals surface area (Å²) in [7, 11) is 0. The summed E-state index contributed by atoms with van der Waals surface area (Å²) in [6.07, 6.45) is 2.54. The van der Waals surface area contributed by atoms with Crippen LogP contribution in [0.5, 0.6) is 0 Å². The molecule has 11 heavy (non-hydrogen) atoms. The Labute approximate surface area is 66.5 Å². The minimum absolute atomic E-state index is 0.646. The van der Waals surface area contributed by atoms with Gasteiger partial charge < -0.3 is 0 Å². The van der Waals surface area contributed by atoms with Gasteiger partial charge in [-0.2, -0.15) is 5.26 Å². The normalized spacial score (nSPS) is 9.18. The Kier molecular flexibility index (Phi) is 2.22. The van der Waals surface area contributed by atoms with Crippen molar-refractivity contribution >= 4 is 0 Å². The summed E-state index contributed by atoms with van der Waals surface area (Å²) in [6.45, 7) is 4.02. The third-order valence-electron chi connectivity index (χ3n) is 1.70.